The van der Waals surface area contributed by atoms with Gasteiger partial charge in [0, 0.05) is 71.4 Å². The number of rotatable bonds is 11. The van der Waals surface area contributed by atoms with Gasteiger partial charge in [0.05, 0.1) is 25.5 Å². The SMILES string of the molecule is CNC(=O)CCN(C=O)c1cc(C(=O)N2CCC(OCCN3CCNCC3)CC2)ccc1OC. The molecule has 2 aliphatic heterocycles. The highest BCUT2D eigenvalue weighted by Gasteiger charge is 2.25. The van der Waals surface area contributed by atoms with Gasteiger partial charge in [-0.3, -0.25) is 19.3 Å². The number of hydrogen-bond acceptors (Lipinski definition) is 7. The minimum absolute atomic E-state index is 0.0830. The first kappa shape index (κ1) is 25.9. The Bertz CT molecular complexity index is 822. The van der Waals surface area contributed by atoms with Crippen LogP contribution in [0.3, 0.4) is 0 Å². The molecule has 0 unspecified atom stereocenters. The van der Waals surface area contributed by atoms with Gasteiger partial charge in [0.15, 0.2) is 0 Å². The fraction of sp³-hybridized carbons (Fsp3) is 0.625. The second-order valence-corrected chi connectivity index (χ2v) is 8.56. The highest BCUT2D eigenvalue weighted by atomic mass is 16.5. The molecule has 2 aliphatic rings. The Balaban J connectivity index is 1.54. The molecule has 2 fully saturated rings. The highest BCUT2D eigenvalue weighted by Crippen LogP contribution is 2.30. The largest absolute Gasteiger partial charge is 0.495 e. The number of methoxy groups -OCH3 is 1. The van der Waals surface area contributed by atoms with Crippen LogP contribution in [0.4, 0.5) is 5.69 Å². The van der Waals surface area contributed by atoms with E-state index < -0.39 is 0 Å². The Hall–Kier alpha value is -2.69. The van der Waals surface area contributed by atoms with Gasteiger partial charge in [0.2, 0.25) is 12.3 Å². The number of piperidine rings is 1. The van der Waals surface area contributed by atoms with Crippen LogP contribution in [-0.4, -0.2) is 107 Å². The van der Waals surface area contributed by atoms with E-state index in [1.807, 2.05) is 4.90 Å². The first-order valence-corrected chi connectivity index (χ1v) is 12.0. The summed E-state index contributed by atoms with van der Waals surface area (Å²) in [5.41, 5.74) is 0.957. The lowest BCUT2D eigenvalue weighted by molar-refractivity contribution is -0.120. The molecule has 2 saturated heterocycles. The number of hydrogen-bond donors (Lipinski definition) is 2. The smallest absolute Gasteiger partial charge is 0.253 e. The molecule has 3 rings (SSSR count). The van der Waals surface area contributed by atoms with E-state index in [9.17, 15) is 14.4 Å². The molecule has 0 atom stereocenters. The van der Waals surface area contributed by atoms with Crippen molar-refractivity contribution in [3.63, 3.8) is 0 Å². The van der Waals surface area contributed by atoms with Crippen molar-refractivity contribution in [2.75, 3.05) is 78.0 Å². The van der Waals surface area contributed by atoms with E-state index in [0.717, 1.165) is 52.2 Å². The van der Waals surface area contributed by atoms with Crippen molar-refractivity contribution < 1.29 is 23.9 Å². The summed E-state index contributed by atoms with van der Waals surface area (Å²) in [7, 11) is 3.06. The fourth-order valence-electron chi connectivity index (χ4n) is 4.32. The number of carbonyl (C=O) groups excluding carboxylic acids is 3. The Morgan fingerprint density at radius 1 is 1.21 bits per heavy atom. The monoisotopic (exact) mass is 475 g/mol. The molecule has 1 aromatic rings. The Kier molecular flexibility index (Phi) is 10.1. The zero-order valence-electron chi connectivity index (χ0n) is 20.3. The first-order chi connectivity index (χ1) is 16.5. The molecule has 2 heterocycles. The summed E-state index contributed by atoms with van der Waals surface area (Å²) in [5.74, 6) is 0.216. The molecular weight excluding hydrogens is 438 g/mol. The number of nitrogens with one attached hydrogen (secondary N) is 2. The van der Waals surface area contributed by atoms with Gasteiger partial charge < -0.3 is 29.9 Å². The number of carbonyl (C=O) groups is 3. The van der Waals surface area contributed by atoms with Crippen molar-refractivity contribution >= 4 is 23.9 Å². The molecular formula is C24H37N5O5. The van der Waals surface area contributed by atoms with Crippen molar-refractivity contribution in [1.82, 2.24) is 20.4 Å². The van der Waals surface area contributed by atoms with Crippen LogP contribution in [-0.2, 0) is 14.3 Å². The van der Waals surface area contributed by atoms with E-state index in [1.165, 1.54) is 12.0 Å². The lowest BCUT2D eigenvalue weighted by atomic mass is 10.1. The number of likely N-dealkylation sites (tertiary alicyclic amines) is 1. The molecule has 0 spiro atoms. The molecule has 188 valence electrons. The summed E-state index contributed by atoms with van der Waals surface area (Å²) in [6, 6.07) is 5.06. The Morgan fingerprint density at radius 2 is 1.94 bits per heavy atom. The fourth-order valence-corrected chi connectivity index (χ4v) is 4.32. The highest BCUT2D eigenvalue weighted by molar-refractivity contribution is 5.96. The van der Waals surface area contributed by atoms with Gasteiger partial charge >= 0.3 is 0 Å². The number of anilines is 1. The molecule has 0 saturated carbocycles. The van der Waals surface area contributed by atoms with E-state index >= 15 is 0 Å². The maximum atomic E-state index is 13.2. The van der Waals surface area contributed by atoms with Crippen LogP contribution in [0.25, 0.3) is 0 Å². The molecule has 0 aliphatic carbocycles. The molecule has 10 nitrogen and oxygen atoms in total. The molecule has 10 heteroatoms. The summed E-state index contributed by atoms with van der Waals surface area (Å²) < 4.78 is 11.5. The quantitative estimate of drug-likeness (QED) is 0.444. The van der Waals surface area contributed by atoms with Crippen molar-refractivity contribution in [1.29, 1.82) is 0 Å². The predicted molar refractivity (Wildman–Crippen MR) is 129 cm³/mol. The van der Waals surface area contributed by atoms with E-state index in [4.69, 9.17) is 9.47 Å². The number of amides is 3. The zero-order chi connectivity index (χ0) is 24.3. The molecule has 3 amide bonds. The average Bonchev–Trinajstić information content (AvgIpc) is 2.89. The topological polar surface area (TPSA) is 103 Å². The standard InChI is InChI=1S/C24H37N5O5/c1-25-23(31)7-12-29(18-30)21-17-19(3-4-22(21)33-2)24(32)28-10-5-20(6-11-28)34-16-15-27-13-8-26-9-14-27/h3-4,17-18,20,26H,5-16H2,1-2H3,(H,25,31). The summed E-state index contributed by atoms with van der Waals surface area (Å²) in [6.45, 7) is 7.31. The summed E-state index contributed by atoms with van der Waals surface area (Å²) in [5, 5.41) is 5.89. The number of piperazine rings is 1. The van der Waals surface area contributed by atoms with Gasteiger partial charge in [-0.2, -0.15) is 0 Å². The van der Waals surface area contributed by atoms with Gasteiger partial charge in [-0.15, -0.1) is 0 Å². The Labute approximate surface area is 201 Å². The van der Waals surface area contributed by atoms with Crippen LogP contribution in [0, 0.1) is 0 Å². The molecule has 0 radical (unpaired) electrons. The number of benzene rings is 1. The summed E-state index contributed by atoms with van der Waals surface area (Å²) in [6.07, 6.45) is 2.59. The average molecular weight is 476 g/mol. The number of nitrogens with zero attached hydrogens (tertiary/aromatic N) is 3. The molecule has 0 bridgehead atoms. The van der Waals surface area contributed by atoms with E-state index in [1.54, 1.807) is 25.2 Å². The zero-order valence-corrected chi connectivity index (χ0v) is 20.3. The van der Waals surface area contributed by atoms with Crippen molar-refractivity contribution in [2.24, 2.45) is 0 Å². The van der Waals surface area contributed by atoms with Gasteiger partial charge in [-0.1, -0.05) is 0 Å². The lowest BCUT2D eigenvalue weighted by Gasteiger charge is -2.33. The third-order valence-corrected chi connectivity index (χ3v) is 6.42. The summed E-state index contributed by atoms with van der Waals surface area (Å²) in [4.78, 5) is 42.1. The maximum absolute atomic E-state index is 13.2. The predicted octanol–water partition coefficient (Wildman–Crippen LogP) is 0.321. The van der Waals surface area contributed by atoms with Crippen LogP contribution >= 0.6 is 0 Å². The number of ether oxygens (including phenoxy) is 2. The van der Waals surface area contributed by atoms with Crippen LogP contribution in [0.5, 0.6) is 5.75 Å². The van der Waals surface area contributed by atoms with Crippen LogP contribution < -0.4 is 20.3 Å². The third kappa shape index (κ3) is 7.15. The minimum Gasteiger partial charge on any atom is -0.495 e. The summed E-state index contributed by atoms with van der Waals surface area (Å²) >= 11 is 0. The molecule has 1 aromatic carbocycles. The minimum atomic E-state index is -0.170. The maximum Gasteiger partial charge on any atom is 0.253 e. The van der Waals surface area contributed by atoms with Crippen molar-refractivity contribution in [2.45, 2.75) is 25.4 Å². The van der Waals surface area contributed by atoms with Gasteiger partial charge in [0.1, 0.15) is 5.75 Å². The third-order valence-electron chi connectivity index (χ3n) is 6.42. The molecule has 0 aromatic heterocycles. The van der Waals surface area contributed by atoms with Gasteiger partial charge in [-0.05, 0) is 31.0 Å². The molecule has 34 heavy (non-hydrogen) atoms. The van der Waals surface area contributed by atoms with Crippen LogP contribution in [0.2, 0.25) is 0 Å². The van der Waals surface area contributed by atoms with Gasteiger partial charge in [-0.25, -0.2) is 0 Å². The van der Waals surface area contributed by atoms with E-state index in [2.05, 4.69) is 15.5 Å². The second-order valence-electron chi connectivity index (χ2n) is 8.56. The lowest BCUT2D eigenvalue weighted by Crippen LogP contribution is -2.45. The van der Waals surface area contributed by atoms with E-state index in [0.29, 0.717) is 36.5 Å². The normalized spacial score (nSPS) is 17.3. The first-order valence-electron chi connectivity index (χ1n) is 12.0. The second kappa shape index (κ2) is 13.3. The van der Waals surface area contributed by atoms with E-state index in [-0.39, 0.29) is 30.9 Å². The van der Waals surface area contributed by atoms with Crippen molar-refractivity contribution in [3.05, 3.63) is 23.8 Å². The van der Waals surface area contributed by atoms with Crippen molar-refractivity contribution in [3.8, 4) is 5.75 Å². The van der Waals surface area contributed by atoms with Gasteiger partial charge in [0.25, 0.3) is 5.91 Å². The van der Waals surface area contributed by atoms with Crippen LogP contribution in [0.15, 0.2) is 18.2 Å². The van der Waals surface area contributed by atoms with Crippen LogP contribution in [0.1, 0.15) is 29.6 Å². The molecule has 2 N–H and O–H groups in total. The Morgan fingerprint density at radius 3 is 2.59 bits per heavy atom.